The molecule has 80 valence electrons. The molecular formula is C12H15NO2. The van der Waals surface area contributed by atoms with Crippen molar-refractivity contribution in [3.05, 3.63) is 29.8 Å². The van der Waals surface area contributed by atoms with Crippen LogP contribution in [0.25, 0.3) is 0 Å². The van der Waals surface area contributed by atoms with E-state index in [1.54, 1.807) is 4.90 Å². The predicted octanol–water partition coefficient (Wildman–Crippen LogP) is 1.35. The predicted molar refractivity (Wildman–Crippen MR) is 58.8 cm³/mol. The standard InChI is InChI=1S/C12H15NO2/c1-2-9-4-3-5-10(6-9)13-8-11(14)7-12(13)15/h3-6,11,14H,2,7-8H2,1H3. The van der Waals surface area contributed by atoms with Gasteiger partial charge in [0.15, 0.2) is 0 Å². The molecule has 1 fully saturated rings. The molecule has 1 atom stereocenters. The Hall–Kier alpha value is -1.35. The number of hydrogen-bond donors (Lipinski definition) is 1. The summed E-state index contributed by atoms with van der Waals surface area (Å²) in [5, 5.41) is 9.40. The number of aliphatic hydroxyl groups is 1. The Labute approximate surface area is 89.3 Å². The first kappa shape index (κ1) is 10.2. The molecule has 1 aliphatic heterocycles. The van der Waals surface area contributed by atoms with Crippen LogP contribution >= 0.6 is 0 Å². The average molecular weight is 205 g/mol. The number of carbonyl (C=O) groups excluding carboxylic acids is 1. The molecule has 0 aromatic heterocycles. The van der Waals surface area contributed by atoms with Crippen molar-refractivity contribution in [1.82, 2.24) is 0 Å². The van der Waals surface area contributed by atoms with E-state index in [9.17, 15) is 9.90 Å². The van der Waals surface area contributed by atoms with Crippen LogP contribution < -0.4 is 4.90 Å². The maximum Gasteiger partial charge on any atom is 0.229 e. The monoisotopic (exact) mass is 205 g/mol. The lowest BCUT2D eigenvalue weighted by molar-refractivity contribution is -0.117. The molecule has 1 amide bonds. The van der Waals surface area contributed by atoms with E-state index in [0.717, 1.165) is 12.1 Å². The van der Waals surface area contributed by atoms with Crippen molar-refractivity contribution in [2.24, 2.45) is 0 Å². The van der Waals surface area contributed by atoms with Gasteiger partial charge in [0.1, 0.15) is 0 Å². The molecule has 3 heteroatoms. The molecule has 0 radical (unpaired) electrons. The number of amides is 1. The van der Waals surface area contributed by atoms with Crippen molar-refractivity contribution in [3.63, 3.8) is 0 Å². The van der Waals surface area contributed by atoms with Gasteiger partial charge in [0, 0.05) is 5.69 Å². The largest absolute Gasteiger partial charge is 0.391 e. The zero-order chi connectivity index (χ0) is 10.8. The first-order valence-electron chi connectivity index (χ1n) is 5.28. The molecular weight excluding hydrogens is 190 g/mol. The van der Waals surface area contributed by atoms with Crippen molar-refractivity contribution in [3.8, 4) is 0 Å². The van der Waals surface area contributed by atoms with Crippen LogP contribution in [-0.4, -0.2) is 23.7 Å². The van der Waals surface area contributed by atoms with Gasteiger partial charge in [-0.15, -0.1) is 0 Å². The molecule has 2 rings (SSSR count). The van der Waals surface area contributed by atoms with E-state index < -0.39 is 6.10 Å². The van der Waals surface area contributed by atoms with Crippen molar-refractivity contribution in [2.75, 3.05) is 11.4 Å². The summed E-state index contributed by atoms with van der Waals surface area (Å²) in [7, 11) is 0. The normalized spacial score (nSPS) is 21.1. The van der Waals surface area contributed by atoms with E-state index in [4.69, 9.17) is 0 Å². The number of carbonyl (C=O) groups is 1. The number of hydrogen-bond acceptors (Lipinski definition) is 2. The fraction of sp³-hybridized carbons (Fsp3) is 0.417. The summed E-state index contributed by atoms with van der Waals surface area (Å²) < 4.78 is 0. The number of anilines is 1. The van der Waals surface area contributed by atoms with Gasteiger partial charge >= 0.3 is 0 Å². The number of β-amino-alcohol motifs (C(OH)–C–C–N with tert-alkyl or cyclic N) is 1. The van der Waals surface area contributed by atoms with Crippen molar-refractivity contribution >= 4 is 11.6 Å². The molecule has 0 saturated carbocycles. The number of aryl methyl sites for hydroxylation is 1. The smallest absolute Gasteiger partial charge is 0.229 e. The molecule has 1 aromatic rings. The van der Waals surface area contributed by atoms with Crippen molar-refractivity contribution in [2.45, 2.75) is 25.9 Å². The van der Waals surface area contributed by atoms with Crippen LogP contribution in [0.15, 0.2) is 24.3 Å². The van der Waals surface area contributed by atoms with Crippen LogP contribution in [0.3, 0.4) is 0 Å². The molecule has 1 aromatic carbocycles. The van der Waals surface area contributed by atoms with Crippen LogP contribution in [0, 0.1) is 0 Å². The Morgan fingerprint density at radius 2 is 2.33 bits per heavy atom. The van der Waals surface area contributed by atoms with Crippen molar-refractivity contribution in [1.29, 1.82) is 0 Å². The first-order chi connectivity index (χ1) is 7.20. The number of nitrogens with zero attached hydrogens (tertiary/aromatic N) is 1. The summed E-state index contributed by atoms with van der Waals surface area (Å²) in [4.78, 5) is 13.2. The minimum Gasteiger partial charge on any atom is -0.391 e. The van der Waals surface area contributed by atoms with Crippen LogP contribution in [0.5, 0.6) is 0 Å². The fourth-order valence-corrected chi connectivity index (χ4v) is 1.88. The van der Waals surface area contributed by atoms with Gasteiger partial charge in [-0.3, -0.25) is 4.79 Å². The Bertz CT molecular complexity index is 376. The Morgan fingerprint density at radius 3 is 2.93 bits per heavy atom. The van der Waals surface area contributed by atoms with E-state index in [2.05, 4.69) is 6.92 Å². The van der Waals surface area contributed by atoms with Crippen LogP contribution in [0.4, 0.5) is 5.69 Å². The van der Waals surface area contributed by atoms with Gasteiger partial charge in [-0.25, -0.2) is 0 Å². The van der Waals surface area contributed by atoms with Gasteiger partial charge in [0.25, 0.3) is 0 Å². The highest BCUT2D eigenvalue weighted by molar-refractivity contribution is 5.96. The maximum atomic E-state index is 11.6. The molecule has 1 unspecified atom stereocenters. The topological polar surface area (TPSA) is 40.5 Å². The van der Waals surface area contributed by atoms with E-state index in [1.165, 1.54) is 5.56 Å². The number of aliphatic hydroxyl groups excluding tert-OH is 1. The lowest BCUT2D eigenvalue weighted by atomic mass is 10.1. The molecule has 0 spiro atoms. The molecule has 1 heterocycles. The lowest BCUT2D eigenvalue weighted by Crippen LogP contribution is -2.25. The van der Waals surface area contributed by atoms with Gasteiger partial charge in [0.05, 0.1) is 19.1 Å². The minimum atomic E-state index is -0.511. The second-order valence-corrected chi connectivity index (χ2v) is 3.89. The molecule has 1 aliphatic rings. The number of rotatable bonds is 2. The molecule has 1 saturated heterocycles. The second-order valence-electron chi connectivity index (χ2n) is 3.89. The Balaban J connectivity index is 2.25. The van der Waals surface area contributed by atoms with Gasteiger partial charge in [-0.05, 0) is 24.1 Å². The van der Waals surface area contributed by atoms with Gasteiger partial charge in [-0.2, -0.15) is 0 Å². The van der Waals surface area contributed by atoms with Crippen LogP contribution in [0.1, 0.15) is 18.9 Å². The van der Waals surface area contributed by atoms with E-state index in [-0.39, 0.29) is 12.3 Å². The third kappa shape index (κ3) is 2.02. The summed E-state index contributed by atoms with van der Waals surface area (Å²) in [6, 6.07) is 7.91. The molecule has 0 aliphatic carbocycles. The maximum absolute atomic E-state index is 11.6. The third-order valence-electron chi connectivity index (χ3n) is 2.74. The third-order valence-corrected chi connectivity index (χ3v) is 2.74. The van der Waals surface area contributed by atoms with Crippen LogP contribution in [-0.2, 0) is 11.2 Å². The highest BCUT2D eigenvalue weighted by Gasteiger charge is 2.28. The average Bonchev–Trinajstić information content (AvgIpc) is 2.58. The number of benzene rings is 1. The van der Waals surface area contributed by atoms with E-state index >= 15 is 0 Å². The fourth-order valence-electron chi connectivity index (χ4n) is 1.88. The zero-order valence-corrected chi connectivity index (χ0v) is 8.81. The Morgan fingerprint density at radius 1 is 1.53 bits per heavy atom. The van der Waals surface area contributed by atoms with E-state index in [0.29, 0.717) is 6.54 Å². The van der Waals surface area contributed by atoms with E-state index in [1.807, 2.05) is 24.3 Å². The molecule has 0 bridgehead atoms. The lowest BCUT2D eigenvalue weighted by Gasteiger charge is -2.16. The molecule has 15 heavy (non-hydrogen) atoms. The molecule has 1 N–H and O–H groups in total. The van der Waals surface area contributed by atoms with Gasteiger partial charge in [0.2, 0.25) is 5.91 Å². The Kier molecular flexibility index (Phi) is 2.73. The zero-order valence-electron chi connectivity index (χ0n) is 8.81. The van der Waals surface area contributed by atoms with Crippen molar-refractivity contribution < 1.29 is 9.90 Å². The quantitative estimate of drug-likeness (QED) is 0.791. The second kappa shape index (κ2) is 4.03. The summed E-state index contributed by atoms with van der Waals surface area (Å²) in [6.07, 6.45) is 0.692. The van der Waals surface area contributed by atoms with Gasteiger partial charge in [-0.1, -0.05) is 19.1 Å². The highest BCUT2D eigenvalue weighted by atomic mass is 16.3. The first-order valence-corrected chi connectivity index (χ1v) is 5.28. The summed E-state index contributed by atoms with van der Waals surface area (Å²) in [6.45, 7) is 2.51. The minimum absolute atomic E-state index is 0.00996. The highest BCUT2D eigenvalue weighted by Crippen LogP contribution is 2.22. The molecule has 3 nitrogen and oxygen atoms in total. The van der Waals surface area contributed by atoms with Crippen LogP contribution in [0.2, 0.25) is 0 Å². The van der Waals surface area contributed by atoms with Gasteiger partial charge < -0.3 is 10.0 Å². The summed E-state index contributed by atoms with van der Waals surface area (Å²) in [5.74, 6) is 0.00996. The summed E-state index contributed by atoms with van der Waals surface area (Å²) >= 11 is 0. The SMILES string of the molecule is CCc1cccc(N2CC(O)CC2=O)c1. The summed E-state index contributed by atoms with van der Waals surface area (Å²) in [5.41, 5.74) is 2.11.